The summed E-state index contributed by atoms with van der Waals surface area (Å²) >= 11 is 0. The molecule has 1 aromatic heterocycles. The van der Waals surface area contributed by atoms with Gasteiger partial charge in [0.05, 0.1) is 20.8 Å². The summed E-state index contributed by atoms with van der Waals surface area (Å²) in [7, 11) is -3.94. The van der Waals surface area contributed by atoms with Crippen LogP contribution in [0.3, 0.4) is 0 Å². The van der Waals surface area contributed by atoms with Crippen molar-refractivity contribution in [3.63, 3.8) is 0 Å². The van der Waals surface area contributed by atoms with E-state index in [1.807, 2.05) is 6.07 Å². The number of nitro groups is 1. The lowest BCUT2D eigenvalue weighted by Gasteiger charge is -2.16. The second kappa shape index (κ2) is 7.47. The molecule has 0 saturated carbocycles. The number of rotatable bonds is 6. The molecule has 0 radical (unpaired) electrons. The van der Waals surface area contributed by atoms with Crippen molar-refractivity contribution in [3.8, 4) is 17.1 Å². The number of carbonyl (C=O) groups excluding carboxylic acids is 1. The average Bonchev–Trinajstić information content (AvgIpc) is 3.17. The van der Waals surface area contributed by atoms with Gasteiger partial charge in [-0.3, -0.25) is 19.5 Å². The third kappa shape index (κ3) is 3.61. The van der Waals surface area contributed by atoms with E-state index in [4.69, 9.17) is 5.73 Å². The van der Waals surface area contributed by atoms with Crippen molar-refractivity contribution in [2.45, 2.75) is 24.0 Å². The van der Waals surface area contributed by atoms with E-state index in [2.05, 4.69) is 4.98 Å². The number of nitrogens with zero attached hydrogens (tertiary/aromatic N) is 3. The molecule has 29 heavy (non-hydrogen) atoms. The van der Waals surface area contributed by atoms with Crippen molar-refractivity contribution in [2.75, 3.05) is 0 Å². The summed E-state index contributed by atoms with van der Waals surface area (Å²) in [5.74, 6) is -0.622. The van der Waals surface area contributed by atoms with Crippen LogP contribution in [0.4, 0.5) is 5.69 Å². The average molecular weight is 414 g/mol. The van der Waals surface area contributed by atoms with Crippen LogP contribution in [0, 0.1) is 10.1 Å². The van der Waals surface area contributed by atoms with Gasteiger partial charge in [-0.15, -0.1) is 0 Å². The number of carbonyl (C=O) groups is 1. The standard InChI is InChI=1S/C19H18N4O5S/c1-12(2)29(27,28)17-11-15(23(25)26)14(18(20)24)10-16(17)22-9-8-21-19(22)13-6-4-3-5-7-13/h3-12H,1-2H3,(H2,20,24). The highest BCUT2D eigenvalue weighted by molar-refractivity contribution is 7.92. The molecule has 1 amide bonds. The molecule has 0 atom stereocenters. The van der Waals surface area contributed by atoms with Gasteiger partial charge in [-0.25, -0.2) is 13.4 Å². The molecule has 0 aliphatic rings. The minimum atomic E-state index is -3.94. The van der Waals surface area contributed by atoms with Crippen LogP contribution in [-0.2, 0) is 9.84 Å². The Labute approximate surface area is 166 Å². The number of hydrogen-bond donors (Lipinski definition) is 1. The molecule has 0 bridgehead atoms. The topological polar surface area (TPSA) is 138 Å². The van der Waals surface area contributed by atoms with Gasteiger partial charge in [0.25, 0.3) is 11.6 Å². The second-order valence-electron chi connectivity index (χ2n) is 6.54. The molecule has 0 aliphatic heterocycles. The Morgan fingerprint density at radius 3 is 2.41 bits per heavy atom. The molecule has 0 fully saturated rings. The Kier molecular flexibility index (Phi) is 5.21. The summed E-state index contributed by atoms with van der Waals surface area (Å²) in [5, 5.41) is 10.6. The number of hydrogen-bond acceptors (Lipinski definition) is 6. The summed E-state index contributed by atoms with van der Waals surface area (Å²) in [6, 6.07) is 11.0. The van der Waals surface area contributed by atoms with Crippen molar-refractivity contribution in [3.05, 3.63) is 70.5 Å². The lowest BCUT2D eigenvalue weighted by atomic mass is 10.1. The highest BCUT2D eigenvalue weighted by atomic mass is 32.2. The van der Waals surface area contributed by atoms with Gasteiger partial charge in [-0.2, -0.15) is 0 Å². The van der Waals surface area contributed by atoms with Crippen LogP contribution >= 0.6 is 0 Å². The second-order valence-corrected chi connectivity index (χ2v) is 9.01. The minimum absolute atomic E-state index is 0.0643. The molecule has 3 aromatic rings. The number of imidazole rings is 1. The van der Waals surface area contributed by atoms with Gasteiger partial charge >= 0.3 is 0 Å². The van der Waals surface area contributed by atoms with Crippen LogP contribution < -0.4 is 5.73 Å². The first-order valence-corrected chi connectivity index (χ1v) is 10.1. The van der Waals surface area contributed by atoms with Crippen LogP contribution in [0.15, 0.2) is 59.8 Å². The highest BCUT2D eigenvalue weighted by Crippen LogP contribution is 2.33. The fourth-order valence-electron chi connectivity index (χ4n) is 2.87. The number of amides is 1. The molecule has 150 valence electrons. The van der Waals surface area contributed by atoms with E-state index in [1.165, 1.54) is 30.8 Å². The molecule has 0 spiro atoms. The van der Waals surface area contributed by atoms with Crippen LogP contribution in [-0.4, -0.2) is 34.0 Å². The SMILES string of the molecule is CC(C)S(=O)(=O)c1cc([N+](=O)[O-])c(C(N)=O)cc1-n1ccnc1-c1ccccc1. The summed E-state index contributed by atoms with van der Waals surface area (Å²) in [5.41, 5.74) is 5.03. The molecule has 2 aromatic carbocycles. The normalized spacial score (nSPS) is 11.6. The van der Waals surface area contributed by atoms with Crippen LogP contribution in [0.1, 0.15) is 24.2 Å². The Bertz CT molecular complexity index is 1200. The summed E-state index contributed by atoms with van der Waals surface area (Å²) in [6.07, 6.45) is 2.99. The van der Waals surface area contributed by atoms with Crippen molar-refractivity contribution in [2.24, 2.45) is 5.73 Å². The molecular formula is C19H18N4O5S. The van der Waals surface area contributed by atoms with Crippen LogP contribution in [0.2, 0.25) is 0 Å². The molecule has 0 unspecified atom stereocenters. The number of benzene rings is 2. The van der Waals surface area contributed by atoms with Gasteiger partial charge in [0.15, 0.2) is 9.84 Å². The van der Waals surface area contributed by atoms with E-state index in [1.54, 1.807) is 24.3 Å². The van der Waals surface area contributed by atoms with Crippen molar-refractivity contribution >= 4 is 21.4 Å². The number of sulfone groups is 1. The molecule has 0 saturated heterocycles. The third-order valence-electron chi connectivity index (χ3n) is 4.40. The van der Waals surface area contributed by atoms with Crippen molar-refractivity contribution < 1.29 is 18.1 Å². The first kappa shape index (κ1) is 20.2. The summed E-state index contributed by atoms with van der Waals surface area (Å²) in [4.78, 5) is 26.5. The molecule has 1 heterocycles. The molecule has 10 heteroatoms. The van der Waals surface area contributed by atoms with E-state index in [0.717, 1.165) is 12.1 Å². The summed E-state index contributed by atoms with van der Waals surface area (Å²) in [6.45, 7) is 2.94. The highest BCUT2D eigenvalue weighted by Gasteiger charge is 2.31. The van der Waals surface area contributed by atoms with Crippen LogP contribution in [0.25, 0.3) is 17.1 Å². The smallest absolute Gasteiger partial charge is 0.283 e. The van der Waals surface area contributed by atoms with Crippen molar-refractivity contribution in [1.82, 2.24) is 9.55 Å². The van der Waals surface area contributed by atoms with E-state index < -0.39 is 31.6 Å². The number of nitro benzene ring substituents is 1. The molecule has 2 N–H and O–H groups in total. The van der Waals surface area contributed by atoms with Crippen LogP contribution in [0.5, 0.6) is 0 Å². The van der Waals surface area contributed by atoms with Gasteiger partial charge in [-0.1, -0.05) is 30.3 Å². The third-order valence-corrected chi connectivity index (χ3v) is 6.58. The zero-order valence-corrected chi connectivity index (χ0v) is 16.5. The maximum absolute atomic E-state index is 13.0. The monoisotopic (exact) mass is 414 g/mol. The minimum Gasteiger partial charge on any atom is -0.365 e. The van der Waals surface area contributed by atoms with E-state index >= 15 is 0 Å². The van der Waals surface area contributed by atoms with Crippen molar-refractivity contribution in [1.29, 1.82) is 0 Å². The molecular weight excluding hydrogens is 396 g/mol. The Hall–Kier alpha value is -3.53. The predicted molar refractivity (Wildman–Crippen MR) is 106 cm³/mol. The lowest BCUT2D eigenvalue weighted by molar-refractivity contribution is -0.385. The zero-order valence-electron chi connectivity index (χ0n) is 15.6. The zero-order chi connectivity index (χ0) is 21.3. The first-order valence-electron chi connectivity index (χ1n) is 8.60. The van der Waals surface area contributed by atoms with Gasteiger partial charge in [0.1, 0.15) is 11.4 Å². The Morgan fingerprint density at radius 1 is 1.21 bits per heavy atom. The number of nitrogens with two attached hydrogens (primary N) is 1. The fourth-order valence-corrected chi connectivity index (χ4v) is 4.11. The largest absolute Gasteiger partial charge is 0.365 e. The predicted octanol–water partition coefficient (Wildman–Crippen LogP) is 2.73. The van der Waals surface area contributed by atoms with Gasteiger partial charge in [0, 0.05) is 24.0 Å². The van der Waals surface area contributed by atoms with E-state index in [0.29, 0.717) is 11.4 Å². The first-order chi connectivity index (χ1) is 13.6. The van der Waals surface area contributed by atoms with Gasteiger partial charge in [-0.05, 0) is 19.9 Å². The number of aromatic nitrogens is 2. The van der Waals surface area contributed by atoms with E-state index in [-0.39, 0.29) is 16.1 Å². The molecule has 9 nitrogen and oxygen atoms in total. The van der Waals surface area contributed by atoms with Gasteiger partial charge in [0.2, 0.25) is 0 Å². The maximum Gasteiger partial charge on any atom is 0.283 e. The summed E-state index contributed by atoms with van der Waals surface area (Å²) < 4.78 is 27.4. The quantitative estimate of drug-likeness (QED) is 0.486. The maximum atomic E-state index is 13.0. The molecule has 0 aliphatic carbocycles. The molecule has 3 rings (SSSR count). The lowest BCUT2D eigenvalue weighted by Crippen LogP contribution is -2.20. The van der Waals surface area contributed by atoms with Gasteiger partial charge < -0.3 is 5.73 Å². The Morgan fingerprint density at radius 2 is 1.86 bits per heavy atom. The fraction of sp³-hybridized carbons (Fsp3) is 0.158. The number of primary amides is 1. The van der Waals surface area contributed by atoms with E-state index in [9.17, 15) is 23.3 Å². The Balaban J connectivity index is 2.41.